The molecule has 3 rings (SSSR count). The zero-order valence-electron chi connectivity index (χ0n) is 11.6. The topological polar surface area (TPSA) is 49.4 Å². The van der Waals surface area contributed by atoms with Crippen molar-refractivity contribution in [1.82, 2.24) is 0 Å². The van der Waals surface area contributed by atoms with Crippen LogP contribution in [0.3, 0.4) is 0 Å². The fourth-order valence-electron chi connectivity index (χ4n) is 2.16. The van der Waals surface area contributed by atoms with Crippen LogP contribution in [0.4, 0.5) is 17.1 Å². The molecule has 0 saturated heterocycles. The molecule has 3 aromatic carbocycles. The van der Waals surface area contributed by atoms with Crippen LogP contribution in [-0.2, 0) is 0 Å². The first kappa shape index (κ1) is 13.1. The summed E-state index contributed by atoms with van der Waals surface area (Å²) in [4.78, 5) is 0. The van der Waals surface area contributed by atoms with Gasteiger partial charge in [0.2, 0.25) is 0 Å². The Morgan fingerprint density at radius 1 is 0.571 bits per heavy atom. The molecule has 0 aliphatic heterocycles. The highest BCUT2D eigenvalue weighted by molar-refractivity contribution is 5.99. The molecule has 4 heteroatoms. The molecule has 0 aromatic heterocycles. The molecule has 0 N–H and O–H groups in total. The van der Waals surface area contributed by atoms with Crippen molar-refractivity contribution in [2.75, 3.05) is 7.05 Å². The van der Waals surface area contributed by atoms with E-state index in [1.807, 2.05) is 66.7 Å². The van der Waals surface area contributed by atoms with Crippen LogP contribution in [0.1, 0.15) is 0 Å². The fourth-order valence-corrected chi connectivity index (χ4v) is 2.16. The van der Waals surface area contributed by atoms with Crippen molar-refractivity contribution in [2.24, 2.45) is 20.5 Å². The van der Waals surface area contributed by atoms with Gasteiger partial charge in [0.1, 0.15) is 0 Å². The van der Waals surface area contributed by atoms with E-state index < -0.39 is 0 Å². The lowest BCUT2D eigenvalue weighted by Gasteiger charge is -2.03. The molecule has 3 aromatic rings. The Bertz CT molecular complexity index is 807. The second-order valence-electron chi connectivity index (χ2n) is 4.48. The highest BCUT2D eigenvalue weighted by Crippen LogP contribution is 2.34. The number of fused-ring (bicyclic) bond motifs is 1. The smallest absolute Gasteiger partial charge is 0.0936 e. The summed E-state index contributed by atoms with van der Waals surface area (Å²) in [6, 6.07) is 21.5. The van der Waals surface area contributed by atoms with Crippen molar-refractivity contribution in [3.63, 3.8) is 0 Å². The van der Waals surface area contributed by atoms with E-state index in [0.29, 0.717) is 0 Å². The summed E-state index contributed by atoms with van der Waals surface area (Å²) in [6.07, 6.45) is 0. The third-order valence-corrected chi connectivity index (χ3v) is 3.12. The second kappa shape index (κ2) is 6.05. The van der Waals surface area contributed by atoms with Crippen molar-refractivity contribution in [1.29, 1.82) is 0 Å². The summed E-state index contributed by atoms with van der Waals surface area (Å²) in [6.45, 7) is 0. The van der Waals surface area contributed by atoms with E-state index in [-0.39, 0.29) is 0 Å². The van der Waals surface area contributed by atoms with Gasteiger partial charge in [-0.05, 0) is 24.3 Å². The maximum Gasteiger partial charge on any atom is 0.0936 e. The molecule has 0 spiro atoms. The third kappa shape index (κ3) is 2.84. The number of rotatable bonds is 3. The van der Waals surface area contributed by atoms with Gasteiger partial charge in [0.25, 0.3) is 0 Å². The minimum absolute atomic E-state index is 0.824. The Morgan fingerprint density at radius 3 is 1.76 bits per heavy atom. The van der Waals surface area contributed by atoms with Gasteiger partial charge in [-0.15, -0.1) is 5.11 Å². The number of benzene rings is 3. The maximum atomic E-state index is 4.36. The number of hydrogen-bond donors (Lipinski definition) is 0. The van der Waals surface area contributed by atoms with Crippen LogP contribution in [0.5, 0.6) is 0 Å². The van der Waals surface area contributed by atoms with Gasteiger partial charge >= 0.3 is 0 Å². The standard InChI is InChI=1S/C17H14N4/c1-18-20-16-11-12-17(15-10-6-5-9-14(15)16)21-19-13-7-3-2-4-8-13/h2-12H,1H3/b20-18+,21-19+. The SMILES string of the molecule is C/N=N/c1ccc(/N=N/c2ccccc2)c2ccccc12. The molecule has 0 radical (unpaired) electrons. The van der Waals surface area contributed by atoms with Gasteiger partial charge in [-0.1, -0.05) is 42.5 Å². The average Bonchev–Trinajstić information content (AvgIpc) is 2.55. The zero-order valence-corrected chi connectivity index (χ0v) is 11.6. The molecule has 0 aliphatic rings. The van der Waals surface area contributed by atoms with E-state index in [1.54, 1.807) is 7.05 Å². The van der Waals surface area contributed by atoms with Crippen LogP contribution in [0, 0.1) is 0 Å². The number of hydrogen-bond acceptors (Lipinski definition) is 4. The molecule has 0 saturated carbocycles. The van der Waals surface area contributed by atoms with Crippen molar-refractivity contribution in [2.45, 2.75) is 0 Å². The Labute approximate surface area is 122 Å². The first-order chi connectivity index (χ1) is 10.4. The highest BCUT2D eigenvalue weighted by atomic mass is 15.1. The van der Waals surface area contributed by atoms with Crippen molar-refractivity contribution in [3.05, 3.63) is 66.7 Å². The summed E-state index contributed by atoms with van der Waals surface area (Å²) in [5, 5.41) is 18.7. The van der Waals surface area contributed by atoms with Gasteiger partial charge in [0.15, 0.2) is 0 Å². The van der Waals surface area contributed by atoms with Crippen LogP contribution < -0.4 is 0 Å². The molecule has 0 heterocycles. The van der Waals surface area contributed by atoms with Crippen molar-refractivity contribution < 1.29 is 0 Å². The normalized spacial score (nSPS) is 11.7. The first-order valence-corrected chi connectivity index (χ1v) is 6.67. The van der Waals surface area contributed by atoms with E-state index in [9.17, 15) is 0 Å². The van der Waals surface area contributed by atoms with E-state index in [2.05, 4.69) is 20.5 Å². The largest absolute Gasteiger partial charge is 0.192 e. The minimum atomic E-state index is 0.824. The van der Waals surface area contributed by atoms with E-state index in [4.69, 9.17) is 0 Å². The molecular formula is C17H14N4. The van der Waals surface area contributed by atoms with Gasteiger partial charge in [0.05, 0.1) is 17.1 Å². The Kier molecular flexibility index (Phi) is 3.78. The first-order valence-electron chi connectivity index (χ1n) is 6.67. The van der Waals surface area contributed by atoms with E-state index in [0.717, 1.165) is 27.8 Å². The molecule has 4 nitrogen and oxygen atoms in total. The van der Waals surface area contributed by atoms with Crippen LogP contribution in [0.25, 0.3) is 10.8 Å². The summed E-state index contributed by atoms with van der Waals surface area (Å²) in [5.41, 5.74) is 2.50. The van der Waals surface area contributed by atoms with Crippen LogP contribution in [0.2, 0.25) is 0 Å². The Balaban J connectivity index is 2.08. The molecule has 102 valence electrons. The number of azo groups is 2. The van der Waals surface area contributed by atoms with Gasteiger partial charge < -0.3 is 0 Å². The highest BCUT2D eigenvalue weighted by Gasteiger charge is 2.04. The molecule has 0 fully saturated rings. The molecule has 0 aliphatic carbocycles. The lowest BCUT2D eigenvalue weighted by atomic mass is 10.1. The van der Waals surface area contributed by atoms with Gasteiger partial charge in [-0.3, -0.25) is 0 Å². The van der Waals surface area contributed by atoms with Crippen LogP contribution in [0.15, 0.2) is 87.2 Å². The summed E-state index contributed by atoms with van der Waals surface area (Å²) in [5.74, 6) is 0. The Morgan fingerprint density at radius 2 is 1.14 bits per heavy atom. The quantitative estimate of drug-likeness (QED) is 0.528. The van der Waals surface area contributed by atoms with Crippen LogP contribution >= 0.6 is 0 Å². The summed E-state index contributed by atoms with van der Waals surface area (Å²) >= 11 is 0. The molecule has 0 unspecified atom stereocenters. The second-order valence-corrected chi connectivity index (χ2v) is 4.48. The molecule has 0 bridgehead atoms. The van der Waals surface area contributed by atoms with Crippen molar-refractivity contribution >= 4 is 27.8 Å². The molecule has 0 atom stereocenters. The summed E-state index contributed by atoms with van der Waals surface area (Å²) < 4.78 is 0. The van der Waals surface area contributed by atoms with Crippen molar-refractivity contribution in [3.8, 4) is 0 Å². The van der Waals surface area contributed by atoms with Gasteiger partial charge in [-0.2, -0.15) is 15.3 Å². The predicted octanol–water partition coefficient (Wildman–Crippen LogP) is 5.97. The lowest BCUT2D eigenvalue weighted by molar-refractivity contribution is 1.17. The molecule has 0 amide bonds. The molecule has 21 heavy (non-hydrogen) atoms. The summed E-state index contributed by atoms with van der Waals surface area (Å²) in [7, 11) is 1.66. The average molecular weight is 274 g/mol. The minimum Gasteiger partial charge on any atom is -0.192 e. The third-order valence-electron chi connectivity index (χ3n) is 3.12. The van der Waals surface area contributed by atoms with Gasteiger partial charge in [-0.25, -0.2) is 0 Å². The van der Waals surface area contributed by atoms with Crippen LogP contribution in [-0.4, -0.2) is 7.05 Å². The maximum absolute atomic E-state index is 4.36. The predicted molar refractivity (Wildman–Crippen MR) is 85.0 cm³/mol. The van der Waals surface area contributed by atoms with Gasteiger partial charge in [0, 0.05) is 17.8 Å². The number of nitrogens with zero attached hydrogens (tertiary/aromatic N) is 4. The zero-order chi connectivity index (χ0) is 14.5. The van der Waals surface area contributed by atoms with E-state index in [1.165, 1.54) is 0 Å². The monoisotopic (exact) mass is 274 g/mol. The Hall–Kier alpha value is -2.88. The lowest BCUT2D eigenvalue weighted by Crippen LogP contribution is -1.75. The van der Waals surface area contributed by atoms with E-state index >= 15 is 0 Å². The molecular weight excluding hydrogens is 260 g/mol. The fraction of sp³-hybridized carbons (Fsp3) is 0.0588.